The van der Waals surface area contributed by atoms with Gasteiger partial charge >= 0.3 is 0 Å². The van der Waals surface area contributed by atoms with Gasteiger partial charge in [-0.1, -0.05) is 18.2 Å². The third-order valence-electron chi connectivity index (χ3n) is 4.68. The lowest BCUT2D eigenvalue weighted by Gasteiger charge is -2.42. The highest BCUT2D eigenvalue weighted by Crippen LogP contribution is 2.45. The van der Waals surface area contributed by atoms with E-state index in [1.54, 1.807) is 6.07 Å². The van der Waals surface area contributed by atoms with Gasteiger partial charge in [0.15, 0.2) is 0 Å². The van der Waals surface area contributed by atoms with Crippen molar-refractivity contribution in [1.29, 1.82) is 5.26 Å². The van der Waals surface area contributed by atoms with Crippen molar-refractivity contribution in [2.45, 2.75) is 43.4 Å². The number of hydrogen-bond acceptors (Lipinski definition) is 3. The Balaban J connectivity index is 1.99. The largest absolute Gasteiger partial charge is 0.385 e. The Morgan fingerprint density at radius 2 is 1.89 bits per heavy atom. The first-order chi connectivity index (χ1) is 8.64. The molecule has 3 heteroatoms. The average molecular weight is 242 g/mol. The van der Waals surface area contributed by atoms with Gasteiger partial charge in [0.05, 0.1) is 17.2 Å². The van der Waals surface area contributed by atoms with Crippen molar-refractivity contribution in [3.8, 4) is 6.07 Å². The zero-order chi connectivity index (χ0) is 12.8. The summed E-state index contributed by atoms with van der Waals surface area (Å²) in [5, 5.41) is 20.2. The minimum atomic E-state index is -0.815. The van der Waals surface area contributed by atoms with Crippen molar-refractivity contribution >= 4 is 0 Å². The van der Waals surface area contributed by atoms with Gasteiger partial charge in [-0.2, -0.15) is 5.26 Å². The molecule has 3 rings (SSSR count). The van der Waals surface area contributed by atoms with Crippen molar-refractivity contribution in [2.24, 2.45) is 0 Å². The standard InChI is InChI=1S/C15H18N2O/c1-17-12-6-7-13(17)9-15(18,8-12)14-5-3-2-4-11(14)10-16/h2-5,12-13,18H,6-9H2,1H3. The Kier molecular flexibility index (Phi) is 2.65. The van der Waals surface area contributed by atoms with E-state index in [1.807, 2.05) is 18.2 Å². The Labute approximate surface area is 108 Å². The molecule has 0 saturated carbocycles. The van der Waals surface area contributed by atoms with Crippen LogP contribution in [0.5, 0.6) is 0 Å². The van der Waals surface area contributed by atoms with Crippen molar-refractivity contribution in [3.05, 3.63) is 35.4 Å². The van der Waals surface area contributed by atoms with E-state index in [9.17, 15) is 10.4 Å². The third-order valence-corrected chi connectivity index (χ3v) is 4.68. The number of rotatable bonds is 1. The van der Waals surface area contributed by atoms with E-state index in [0.29, 0.717) is 17.6 Å². The molecule has 3 nitrogen and oxygen atoms in total. The number of piperidine rings is 1. The van der Waals surface area contributed by atoms with E-state index in [4.69, 9.17) is 0 Å². The van der Waals surface area contributed by atoms with Gasteiger partial charge in [-0.25, -0.2) is 0 Å². The Morgan fingerprint density at radius 1 is 1.28 bits per heavy atom. The van der Waals surface area contributed by atoms with Gasteiger partial charge in [-0.15, -0.1) is 0 Å². The number of aliphatic hydroxyl groups is 1. The summed E-state index contributed by atoms with van der Waals surface area (Å²) in [4.78, 5) is 2.39. The van der Waals surface area contributed by atoms with Crippen LogP contribution in [0.25, 0.3) is 0 Å². The maximum absolute atomic E-state index is 11.0. The quantitative estimate of drug-likeness (QED) is 0.819. The van der Waals surface area contributed by atoms with E-state index in [2.05, 4.69) is 18.0 Å². The van der Waals surface area contributed by atoms with Gasteiger partial charge < -0.3 is 10.0 Å². The van der Waals surface area contributed by atoms with Crippen molar-refractivity contribution in [1.82, 2.24) is 4.90 Å². The van der Waals surface area contributed by atoms with Crippen LogP contribution in [0.2, 0.25) is 0 Å². The van der Waals surface area contributed by atoms with E-state index in [1.165, 1.54) is 0 Å². The van der Waals surface area contributed by atoms with Gasteiger partial charge in [0.2, 0.25) is 0 Å². The topological polar surface area (TPSA) is 47.3 Å². The second kappa shape index (κ2) is 4.08. The molecule has 0 aliphatic carbocycles. The highest BCUT2D eigenvalue weighted by Gasteiger charge is 2.47. The lowest BCUT2D eigenvalue weighted by Crippen LogP contribution is -2.47. The zero-order valence-electron chi connectivity index (χ0n) is 10.6. The van der Waals surface area contributed by atoms with Crippen LogP contribution in [0.4, 0.5) is 0 Å². The molecular weight excluding hydrogens is 224 g/mol. The first-order valence-corrected chi connectivity index (χ1v) is 6.58. The first-order valence-electron chi connectivity index (χ1n) is 6.58. The molecule has 2 aliphatic heterocycles. The number of nitrogens with zero attached hydrogens (tertiary/aromatic N) is 2. The van der Waals surface area contributed by atoms with Crippen molar-refractivity contribution < 1.29 is 5.11 Å². The summed E-state index contributed by atoms with van der Waals surface area (Å²) in [6.45, 7) is 0. The van der Waals surface area contributed by atoms with E-state index >= 15 is 0 Å². The minimum absolute atomic E-state index is 0.459. The van der Waals surface area contributed by atoms with Crippen molar-refractivity contribution in [2.75, 3.05) is 7.05 Å². The number of nitriles is 1. The highest BCUT2D eigenvalue weighted by atomic mass is 16.3. The third kappa shape index (κ3) is 1.65. The molecule has 0 aromatic heterocycles. The molecule has 2 heterocycles. The summed E-state index contributed by atoms with van der Waals surface area (Å²) < 4.78 is 0. The Bertz CT molecular complexity index is 491. The summed E-state index contributed by atoms with van der Waals surface area (Å²) in [7, 11) is 2.15. The smallest absolute Gasteiger partial charge is 0.0995 e. The van der Waals surface area contributed by atoms with Crippen LogP contribution in [0.1, 0.15) is 36.8 Å². The fraction of sp³-hybridized carbons (Fsp3) is 0.533. The number of fused-ring (bicyclic) bond motifs is 2. The molecular formula is C15H18N2O. The molecule has 2 fully saturated rings. The first kappa shape index (κ1) is 11.7. The summed E-state index contributed by atoms with van der Waals surface area (Å²) in [5.41, 5.74) is 0.617. The maximum Gasteiger partial charge on any atom is 0.0995 e. The second-order valence-corrected chi connectivity index (χ2v) is 5.65. The van der Waals surface area contributed by atoms with Crippen LogP contribution in [0.15, 0.2) is 24.3 Å². The second-order valence-electron chi connectivity index (χ2n) is 5.65. The summed E-state index contributed by atoms with van der Waals surface area (Å²) in [6, 6.07) is 10.6. The van der Waals surface area contributed by atoms with Crippen LogP contribution in [-0.2, 0) is 5.60 Å². The summed E-state index contributed by atoms with van der Waals surface area (Å²) in [5.74, 6) is 0. The zero-order valence-corrected chi connectivity index (χ0v) is 10.6. The average Bonchev–Trinajstić information content (AvgIpc) is 2.63. The normalized spacial score (nSPS) is 35.4. The molecule has 0 spiro atoms. The molecule has 18 heavy (non-hydrogen) atoms. The van der Waals surface area contributed by atoms with Crippen LogP contribution in [-0.4, -0.2) is 29.1 Å². The molecule has 0 radical (unpaired) electrons. The molecule has 2 unspecified atom stereocenters. The van der Waals surface area contributed by atoms with Crippen LogP contribution < -0.4 is 0 Å². The van der Waals surface area contributed by atoms with Gasteiger partial charge in [-0.3, -0.25) is 0 Å². The lowest BCUT2D eigenvalue weighted by molar-refractivity contribution is -0.0494. The minimum Gasteiger partial charge on any atom is -0.385 e. The molecule has 1 aromatic carbocycles. The van der Waals surface area contributed by atoms with Gasteiger partial charge in [0, 0.05) is 17.6 Å². The monoisotopic (exact) mass is 242 g/mol. The molecule has 0 amide bonds. The Morgan fingerprint density at radius 3 is 2.50 bits per heavy atom. The van der Waals surface area contributed by atoms with Crippen LogP contribution in [0, 0.1) is 11.3 Å². The molecule has 1 N–H and O–H groups in total. The summed E-state index contributed by atoms with van der Waals surface area (Å²) >= 11 is 0. The highest BCUT2D eigenvalue weighted by molar-refractivity contribution is 5.41. The number of benzene rings is 1. The molecule has 2 atom stereocenters. The summed E-state index contributed by atoms with van der Waals surface area (Å²) in [6.07, 6.45) is 3.83. The van der Waals surface area contributed by atoms with E-state index < -0.39 is 5.60 Å². The fourth-order valence-electron chi connectivity index (χ4n) is 3.65. The molecule has 94 valence electrons. The number of hydrogen-bond donors (Lipinski definition) is 1. The fourth-order valence-corrected chi connectivity index (χ4v) is 3.65. The van der Waals surface area contributed by atoms with Crippen molar-refractivity contribution in [3.63, 3.8) is 0 Å². The lowest BCUT2D eigenvalue weighted by atomic mass is 9.79. The van der Waals surface area contributed by atoms with Gasteiger partial charge in [0.1, 0.15) is 0 Å². The van der Waals surface area contributed by atoms with Gasteiger partial charge in [0.25, 0.3) is 0 Å². The van der Waals surface area contributed by atoms with Crippen LogP contribution in [0.3, 0.4) is 0 Å². The Hall–Kier alpha value is -1.37. The SMILES string of the molecule is CN1C2CCC1CC(O)(c1ccccc1C#N)C2. The molecule has 1 aromatic rings. The van der Waals surface area contributed by atoms with E-state index in [0.717, 1.165) is 31.2 Å². The molecule has 2 bridgehead atoms. The predicted molar refractivity (Wildman–Crippen MR) is 68.9 cm³/mol. The molecule has 2 saturated heterocycles. The van der Waals surface area contributed by atoms with Gasteiger partial charge in [-0.05, 0) is 38.8 Å². The maximum atomic E-state index is 11.0. The molecule has 2 aliphatic rings. The van der Waals surface area contributed by atoms with Crippen LogP contribution >= 0.6 is 0 Å². The predicted octanol–water partition coefficient (Wildman–Crippen LogP) is 2.00. The van der Waals surface area contributed by atoms with E-state index in [-0.39, 0.29) is 0 Å².